The fourth-order valence-electron chi connectivity index (χ4n) is 3.31. The first kappa shape index (κ1) is 22.2. The number of rotatable bonds is 9. The molecule has 0 fully saturated rings. The van der Waals surface area contributed by atoms with Crippen LogP contribution in [0.1, 0.15) is 41.8 Å². The summed E-state index contributed by atoms with van der Waals surface area (Å²) in [5.41, 5.74) is 1.48. The van der Waals surface area contributed by atoms with E-state index >= 15 is 0 Å². The van der Waals surface area contributed by atoms with Crippen molar-refractivity contribution in [3.8, 4) is 5.75 Å². The summed E-state index contributed by atoms with van der Waals surface area (Å²) in [5.74, 6) is -0.690. The van der Waals surface area contributed by atoms with Crippen molar-refractivity contribution in [3.05, 3.63) is 75.4 Å². The van der Waals surface area contributed by atoms with Crippen LogP contribution in [0.2, 0.25) is 0 Å². The monoisotopic (exact) mass is 425 g/mol. The third-order valence-corrected chi connectivity index (χ3v) is 4.83. The second-order valence-electron chi connectivity index (χ2n) is 7.25. The average Bonchev–Trinajstić information content (AvgIpc) is 2.72. The van der Waals surface area contributed by atoms with Crippen molar-refractivity contribution in [2.75, 3.05) is 13.2 Å². The van der Waals surface area contributed by atoms with Crippen LogP contribution in [0, 0.1) is 5.82 Å². The molecule has 3 aromatic rings. The number of ketones is 1. The Kier molecular flexibility index (Phi) is 7.18. The van der Waals surface area contributed by atoms with Crippen LogP contribution in [0.3, 0.4) is 0 Å². The van der Waals surface area contributed by atoms with Crippen molar-refractivity contribution >= 4 is 22.7 Å². The smallest absolute Gasteiger partial charge is 0.336 e. The topological polar surface area (TPSA) is 85.6 Å². The SMILES string of the molecule is CCCc1cc(=O)oc2cc(OCC(=O)c3ccc(CCNC(C)=O)c(F)c3)ccc12. The number of carbonyl (C=O) groups excluding carboxylic acids is 2. The number of hydrogen-bond donors (Lipinski definition) is 1. The highest BCUT2D eigenvalue weighted by molar-refractivity contribution is 5.97. The zero-order chi connectivity index (χ0) is 22.4. The van der Waals surface area contributed by atoms with Crippen molar-refractivity contribution in [2.24, 2.45) is 0 Å². The van der Waals surface area contributed by atoms with Gasteiger partial charge in [0.25, 0.3) is 0 Å². The minimum absolute atomic E-state index is 0.182. The van der Waals surface area contributed by atoms with Gasteiger partial charge in [0.1, 0.15) is 17.1 Å². The van der Waals surface area contributed by atoms with Gasteiger partial charge in [0.05, 0.1) is 0 Å². The summed E-state index contributed by atoms with van der Waals surface area (Å²) in [6.45, 7) is 3.46. The van der Waals surface area contributed by atoms with Crippen molar-refractivity contribution in [1.29, 1.82) is 0 Å². The Morgan fingerprint density at radius 3 is 2.58 bits per heavy atom. The predicted molar refractivity (Wildman–Crippen MR) is 115 cm³/mol. The van der Waals surface area contributed by atoms with Gasteiger partial charge in [-0.3, -0.25) is 9.59 Å². The van der Waals surface area contributed by atoms with E-state index in [1.54, 1.807) is 18.2 Å². The zero-order valence-electron chi connectivity index (χ0n) is 17.5. The molecule has 6 nitrogen and oxygen atoms in total. The molecule has 31 heavy (non-hydrogen) atoms. The number of nitrogens with one attached hydrogen (secondary N) is 1. The summed E-state index contributed by atoms with van der Waals surface area (Å²) in [6, 6.07) is 10.8. The van der Waals surface area contributed by atoms with Crippen LogP contribution in [0.5, 0.6) is 5.75 Å². The van der Waals surface area contributed by atoms with Crippen LogP contribution in [0.25, 0.3) is 11.0 Å². The van der Waals surface area contributed by atoms with Gasteiger partial charge in [-0.05, 0) is 42.2 Å². The lowest BCUT2D eigenvalue weighted by atomic mass is 10.1. The molecule has 0 saturated heterocycles. The fourth-order valence-corrected chi connectivity index (χ4v) is 3.31. The van der Waals surface area contributed by atoms with E-state index in [2.05, 4.69) is 5.32 Å². The molecule has 0 saturated carbocycles. The van der Waals surface area contributed by atoms with Gasteiger partial charge in [0, 0.05) is 36.6 Å². The molecule has 0 bridgehead atoms. The molecule has 0 unspecified atom stereocenters. The van der Waals surface area contributed by atoms with Gasteiger partial charge >= 0.3 is 5.63 Å². The summed E-state index contributed by atoms with van der Waals surface area (Å²) in [5, 5.41) is 3.43. The highest BCUT2D eigenvalue weighted by atomic mass is 19.1. The number of Topliss-reactive ketones (excluding diaryl/α,β-unsaturated/α-hetero) is 1. The average molecular weight is 425 g/mol. The van der Waals surface area contributed by atoms with Crippen LogP contribution in [-0.4, -0.2) is 24.8 Å². The van der Waals surface area contributed by atoms with E-state index in [-0.39, 0.29) is 23.9 Å². The number of carbonyl (C=O) groups is 2. The number of hydrogen-bond acceptors (Lipinski definition) is 5. The third-order valence-electron chi connectivity index (χ3n) is 4.83. The molecule has 3 rings (SSSR count). The molecule has 0 radical (unpaired) electrons. The first-order valence-corrected chi connectivity index (χ1v) is 10.1. The normalized spacial score (nSPS) is 10.8. The molecule has 0 aliphatic heterocycles. The van der Waals surface area contributed by atoms with Crippen LogP contribution in [-0.2, 0) is 17.6 Å². The quantitative estimate of drug-likeness (QED) is 0.416. The van der Waals surface area contributed by atoms with E-state index in [1.807, 2.05) is 6.92 Å². The summed E-state index contributed by atoms with van der Waals surface area (Å²) in [6.07, 6.45) is 1.99. The van der Waals surface area contributed by atoms with E-state index in [0.717, 1.165) is 23.8 Å². The molecular formula is C24H24FNO5. The molecule has 1 heterocycles. The lowest BCUT2D eigenvalue weighted by Crippen LogP contribution is -2.22. The number of aryl methyl sites for hydroxylation is 1. The second kappa shape index (κ2) is 10.0. The highest BCUT2D eigenvalue weighted by Crippen LogP contribution is 2.24. The minimum Gasteiger partial charge on any atom is -0.485 e. The van der Waals surface area contributed by atoms with Crippen LogP contribution in [0.15, 0.2) is 51.7 Å². The standard InChI is InChI=1S/C24H24FNO5/c1-3-4-17-12-24(29)31-23-13-19(7-8-20(17)23)30-14-22(28)18-6-5-16(21(25)11-18)9-10-26-15(2)27/h5-8,11-13H,3-4,9-10,14H2,1-2H3,(H,26,27). The molecule has 7 heteroatoms. The molecule has 1 amide bonds. The fraction of sp³-hybridized carbons (Fsp3) is 0.292. The second-order valence-corrected chi connectivity index (χ2v) is 7.25. The Morgan fingerprint density at radius 1 is 1.06 bits per heavy atom. The lowest BCUT2D eigenvalue weighted by Gasteiger charge is -2.09. The van der Waals surface area contributed by atoms with Crippen molar-refractivity contribution < 1.29 is 23.1 Å². The van der Waals surface area contributed by atoms with Gasteiger partial charge in [0.2, 0.25) is 5.91 Å². The van der Waals surface area contributed by atoms with Crippen LogP contribution >= 0.6 is 0 Å². The first-order valence-electron chi connectivity index (χ1n) is 10.1. The highest BCUT2D eigenvalue weighted by Gasteiger charge is 2.12. The van der Waals surface area contributed by atoms with Crippen LogP contribution < -0.4 is 15.7 Å². The van der Waals surface area contributed by atoms with E-state index in [4.69, 9.17) is 9.15 Å². The Balaban J connectivity index is 1.67. The molecule has 0 spiro atoms. The minimum atomic E-state index is -0.507. The van der Waals surface area contributed by atoms with E-state index in [9.17, 15) is 18.8 Å². The number of ether oxygens (including phenoxy) is 1. The summed E-state index contributed by atoms with van der Waals surface area (Å²) < 4.78 is 25.1. The van der Waals surface area contributed by atoms with E-state index in [1.165, 1.54) is 31.2 Å². The number of halogens is 1. The number of amides is 1. The molecule has 1 aromatic heterocycles. The molecule has 0 aliphatic rings. The molecular weight excluding hydrogens is 401 g/mol. The maximum Gasteiger partial charge on any atom is 0.336 e. The van der Waals surface area contributed by atoms with Crippen molar-refractivity contribution in [1.82, 2.24) is 5.32 Å². The molecule has 2 aromatic carbocycles. The third kappa shape index (κ3) is 5.78. The Morgan fingerprint density at radius 2 is 1.87 bits per heavy atom. The number of benzene rings is 2. The number of fused-ring (bicyclic) bond motifs is 1. The van der Waals surface area contributed by atoms with Gasteiger partial charge < -0.3 is 14.5 Å². The molecule has 0 aliphatic carbocycles. The Hall–Kier alpha value is -3.48. The van der Waals surface area contributed by atoms with Gasteiger partial charge in [-0.15, -0.1) is 0 Å². The van der Waals surface area contributed by atoms with Gasteiger partial charge in [-0.25, -0.2) is 9.18 Å². The zero-order valence-corrected chi connectivity index (χ0v) is 17.5. The Bertz CT molecular complexity index is 1170. The molecule has 162 valence electrons. The largest absolute Gasteiger partial charge is 0.485 e. The maximum atomic E-state index is 14.3. The summed E-state index contributed by atoms with van der Waals surface area (Å²) in [7, 11) is 0. The molecule has 1 N–H and O–H groups in total. The summed E-state index contributed by atoms with van der Waals surface area (Å²) in [4.78, 5) is 35.1. The molecule has 0 atom stereocenters. The predicted octanol–water partition coefficient (Wildman–Crippen LogP) is 3.82. The van der Waals surface area contributed by atoms with Gasteiger partial charge in [-0.2, -0.15) is 0 Å². The maximum absolute atomic E-state index is 14.3. The van der Waals surface area contributed by atoms with E-state index in [0.29, 0.717) is 29.9 Å². The van der Waals surface area contributed by atoms with Crippen molar-refractivity contribution in [2.45, 2.75) is 33.1 Å². The first-order chi connectivity index (χ1) is 14.9. The van der Waals surface area contributed by atoms with Crippen molar-refractivity contribution in [3.63, 3.8) is 0 Å². The summed E-state index contributed by atoms with van der Waals surface area (Å²) >= 11 is 0. The van der Waals surface area contributed by atoms with Gasteiger partial charge in [0.15, 0.2) is 12.4 Å². The van der Waals surface area contributed by atoms with Gasteiger partial charge in [-0.1, -0.05) is 25.5 Å². The van der Waals surface area contributed by atoms with Crippen LogP contribution in [0.4, 0.5) is 4.39 Å². The van der Waals surface area contributed by atoms with E-state index < -0.39 is 11.4 Å². The Labute approximate surface area is 179 Å². The lowest BCUT2D eigenvalue weighted by molar-refractivity contribution is -0.118.